The predicted octanol–water partition coefficient (Wildman–Crippen LogP) is 4.76. The van der Waals surface area contributed by atoms with E-state index in [2.05, 4.69) is 10.3 Å². The molecular formula is C18H18N2O2S2. The zero-order chi connectivity index (χ0) is 16.9. The van der Waals surface area contributed by atoms with Crippen LogP contribution in [0.25, 0.3) is 11.3 Å². The van der Waals surface area contributed by atoms with E-state index in [-0.39, 0.29) is 5.91 Å². The number of nitrogens with zero attached hydrogens (tertiary/aromatic N) is 1. The first-order valence-corrected chi connectivity index (χ1v) is 9.34. The summed E-state index contributed by atoms with van der Waals surface area (Å²) in [7, 11) is 1.65. The highest BCUT2D eigenvalue weighted by Gasteiger charge is 2.12. The van der Waals surface area contributed by atoms with Crippen LogP contribution >= 0.6 is 22.7 Å². The second kappa shape index (κ2) is 7.59. The largest absolute Gasteiger partial charge is 0.496 e. The molecule has 0 bridgehead atoms. The predicted molar refractivity (Wildman–Crippen MR) is 100 cm³/mol. The fourth-order valence-corrected chi connectivity index (χ4v) is 3.79. The van der Waals surface area contributed by atoms with E-state index < -0.39 is 0 Å². The van der Waals surface area contributed by atoms with Crippen molar-refractivity contribution in [2.75, 3.05) is 12.4 Å². The average Bonchev–Trinajstić information content (AvgIpc) is 3.24. The van der Waals surface area contributed by atoms with Gasteiger partial charge in [0.1, 0.15) is 5.75 Å². The number of hydrogen-bond donors (Lipinski definition) is 1. The summed E-state index contributed by atoms with van der Waals surface area (Å²) in [6, 6.07) is 10.0. The second-order valence-electron chi connectivity index (χ2n) is 5.37. The van der Waals surface area contributed by atoms with Crippen LogP contribution in [0, 0.1) is 6.92 Å². The van der Waals surface area contributed by atoms with Gasteiger partial charge in [-0.25, -0.2) is 4.98 Å². The van der Waals surface area contributed by atoms with Gasteiger partial charge in [0.2, 0.25) is 5.91 Å². The van der Waals surface area contributed by atoms with Gasteiger partial charge in [0, 0.05) is 22.2 Å². The molecule has 0 spiro atoms. The van der Waals surface area contributed by atoms with Crippen molar-refractivity contribution in [2.45, 2.75) is 19.8 Å². The lowest BCUT2D eigenvalue weighted by atomic mass is 10.1. The van der Waals surface area contributed by atoms with Gasteiger partial charge >= 0.3 is 0 Å². The van der Waals surface area contributed by atoms with Crippen molar-refractivity contribution < 1.29 is 9.53 Å². The monoisotopic (exact) mass is 358 g/mol. The molecule has 0 fully saturated rings. The van der Waals surface area contributed by atoms with E-state index in [1.165, 1.54) is 16.2 Å². The first kappa shape index (κ1) is 16.7. The topological polar surface area (TPSA) is 51.2 Å². The summed E-state index contributed by atoms with van der Waals surface area (Å²) in [5.41, 5.74) is 2.89. The van der Waals surface area contributed by atoms with Crippen molar-refractivity contribution >= 4 is 33.7 Å². The fourth-order valence-electron chi connectivity index (χ4n) is 2.35. The lowest BCUT2D eigenvalue weighted by Gasteiger charge is -2.07. The third kappa shape index (κ3) is 4.01. The van der Waals surface area contributed by atoms with Crippen molar-refractivity contribution in [1.29, 1.82) is 0 Å². The molecule has 0 saturated carbocycles. The van der Waals surface area contributed by atoms with Crippen LogP contribution in [0.5, 0.6) is 5.75 Å². The molecular weight excluding hydrogens is 340 g/mol. The van der Waals surface area contributed by atoms with Crippen molar-refractivity contribution in [2.24, 2.45) is 0 Å². The molecule has 0 aliphatic rings. The number of carbonyl (C=O) groups excluding carboxylic acids is 1. The van der Waals surface area contributed by atoms with Crippen LogP contribution in [-0.2, 0) is 11.2 Å². The van der Waals surface area contributed by atoms with Gasteiger partial charge in [-0.05, 0) is 36.9 Å². The molecule has 2 aromatic heterocycles. The minimum Gasteiger partial charge on any atom is -0.496 e. The van der Waals surface area contributed by atoms with Gasteiger partial charge in [-0.3, -0.25) is 4.79 Å². The van der Waals surface area contributed by atoms with Crippen molar-refractivity contribution in [1.82, 2.24) is 4.98 Å². The number of hydrogen-bond acceptors (Lipinski definition) is 5. The number of rotatable bonds is 6. The lowest BCUT2D eigenvalue weighted by molar-refractivity contribution is -0.116. The van der Waals surface area contributed by atoms with Gasteiger partial charge in [-0.15, -0.1) is 22.7 Å². The molecule has 0 saturated heterocycles. The first-order valence-electron chi connectivity index (χ1n) is 7.58. The molecule has 1 N–H and O–H groups in total. The van der Waals surface area contributed by atoms with Gasteiger partial charge in [-0.2, -0.15) is 0 Å². The first-order chi connectivity index (χ1) is 11.7. The SMILES string of the molecule is COc1ccc(C)cc1-c1csc(NC(=O)CCc2cccs2)n1. The Labute approximate surface area is 149 Å². The molecule has 6 heteroatoms. The lowest BCUT2D eigenvalue weighted by Crippen LogP contribution is -2.11. The third-order valence-corrected chi connectivity index (χ3v) is 5.25. The number of benzene rings is 1. The average molecular weight is 358 g/mol. The number of aromatic nitrogens is 1. The van der Waals surface area contributed by atoms with Gasteiger partial charge in [0.25, 0.3) is 0 Å². The summed E-state index contributed by atoms with van der Waals surface area (Å²) < 4.78 is 5.40. The molecule has 124 valence electrons. The fraction of sp³-hybridized carbons (Fsp3) is 0.222. The third-order valence-electron chi connectivity index (χ3n) is 3.56. The number of amides is 1. The van der Waals surface area contributed by atoms with Crippen molar-refractivity contribution in [3.05, 3.63) is 51.5 Å². The van der Waals surface area contributed by atoms with E-state index in [0.717, 1.165) is 29.0 Å². The number of aryl methyl sites for hydroxylation is 2. The molecule has 1 amide bonds. The summed E-state index contributed by atoms with van der Waals surface area (Å²) in [5, 5.41) is 7.45. The molecule has 3 aromatic rings. The molecule has 0 aliphatic heterocycles. The molecule has 1 aromatic carbocycles. The van der Waals surface area contributed by atoms with Crippen LogP contribution in [0.2, 0.25) is 0 Å². The highest BCUT2D eigenvalue weighted by atomic mass is 32.1. The van der Waals surface area contributed by atoms with Gasteiger partial charge in [-0.1, -0.05) is 17.7 Å². The number of ether oxygens (including phenoxy) is 1. The van der Waals surface area contributed by atoms with Crippen LogP contribution in [0.1, 0.15) is 16.9 Å². The van der Waals surface area contributed by atoms with E-state index in [1.807, 2.05) is 48.0 Å². The van der Waals surface area contributed by atoms with E-state index in [0.29, 0.717) is 11.6 Å². The van der Waals surface area contributed by atoms with Gasteiger partial charge in [0.15, 0.2) is 5.13 Å². The maximum Gasteiger partial charge on any atom is 0.226 e. The zero-order valence-corrected chi connectivity index (χ0v) is 15.2. The summed E-state index contributed by atoms with van der Waals surface area (Å²) in [4.78, 5) is 17.8. The van der Waals surface area contributed by atoms with Gasteiger partial charge in [0.05, 0.1) is 12.8 Å². The molecule has 0 unspecified atom stereocenters. The highest BCUT2D eigenvalue weighted by Crippen LogP contribution is 2.33. The van der Waals surface area contributed by atoms with Crippen molar-refractivity contribution in [3.63, 3.8) is 0 Å². The maximum atomic E-state index is 12.1. The minimum atomic E-state index is -0.0134. The normalized spacial score (nSPS) is 10.6. The highest BCUT2D eigenvalue weighted by molar-refractivity contribution is 7.14. The van der Waals surface area contributed by atoms with Crippen LogP contribution < -0.4 is 10.1 Å². The molecule has 2 heterocycles. The number of thiazole rings is 1. The van der Waals surface area contributed by atoms with E-state index in [1.54, 1.807) is 18.4 Å². The molecule has 4 nitrogen and oxygen atoms in total. The Bertz CT molecular complexity index is 825. The number of methoxy groups -OCH3 is 1. The zero-order valence-electron chi connectivity index (χ0n) is 13.5. The van der Waals surface area contributed by atoms with E-state index >= 15 is 0 Å². The summed E-state index contributed by atoms with van der Waals surface area (Å²) in [5.74, 6) is 0.766. The molecule has 3 rings (SSSR count). The molecule has 0 aliphatic carbocycles. The Morgan fingerprint density at radius 3 is 2.92 bits per heavy atom. The Balaban J connectivity index is 1.67. The summed E-state index contributed by atoms with van der Waals surface area (Å²) in [6.45, 7) is 2.03. The van der Waals surface area contributed by atoms with E-state index in [9.17, 15) is 4.79 Å². The number of anilines is 1. The molecule has 0 atom stereocenters. The number of nitrogens with one attached hydrogen (secondary N) is 1. The minimum absolute atomic E-state index is 0.0134. The summed E-state index contributed by atoms with van der Waals surface area (Å²) in [6.07, 6.45) is 1.22. The van der Waals surface area contributed by atoms with Crippen LogP contribution in [-0.4, -0.2) is 18.0 Å². The number of carbonyl (C=O) groups is 1. The number of thiophene rings is 1. The van der Waals surface area contributed by atoms with Crippen molar-refractivity contribution in [3.8, 4) is 17.0 Å². The smallest absolute Gasteiger partial charge is 0.226 e. The van der Waals surface area contributed by atoms with Gasteiger partial charge < -0.3 is 10.1 Å². The standard InChI is InChI=1S/C18H18N2O2S2/c1-12-5-7-16(22-2)14(10-12)15-11-24-18(19-15)20-17(21)8-6-13-4-3-9-23-13/h3-5,7,9-11H,6,8H2,1-2H3,(H,19,20,21). The molecule has 0 radical (unpaired) electrons. The Morgan fingerprint density at radius 1 is 1.29 bits per heavy atom. The summed E-state index contributed by atoms with van der Waals surface area (Å²) >= 11 is 3.10. The Morgan fingerprint density at radius 2 is 2.17 bits per heavy atom. The molecule has 24 heavy (non-hydrogen) atoms. The quantitative estimate of drug-likeness (QED) is 0.691. The Kier molecular flexibility index (Phi) is 5.27. The van der Waals surface area contributed by atoms with Crippen LogP contribution in [0.15, 0.2) is 41.1 Å². The van der Waals surface area contributed by atoms with Crippen LogP contribution in [0.4, 0.5) is 5.13 Å². The maximum absolute atomic E-state index is 12.1. The van der Waals surface area contributed by atoms with E-state index in [4.69, 9.17) is 4.74 Å². The Hall–Kier alpha value is -2.18. The van der Waals surface area contributed by atoms with Crippen LogP contribution in [0.3, 0.4) is 0 Å². The second-order valence-corrected chi connectivity index (χ2v) is 7.26.